The minimum Gasteiger partial charge on any atom is -0.508 e. The van der Waals surface area contributed by atoms with Crippen LogP contribution in [-0.4, -0.2) is 28.4 Å². The molecule has 1 unspecified atom stereocenters. The number of phenolic OH excluding ortho intramolecular Hbond substituents is 1. The Hall–Kier alpha value is -4.63. The summed E-state index contributed by atoms with van der Waals surface area (Å²) in [5, 5.41) is 9.79. The molecule has 9 heteroatoms. The number of nitrogens with two attached hydrogens (primary N) is 1. The van der Waals surface area contributed by atoms with E-state index in [9.17, 15) is 27.9 Å². The van der Waals surface area contributed by atoms with Crippen molar-refractivity contribution in [1.82, 2.24) is 4.90 Å². The zero-order chi connectivity index (χ0) is 28.4. The van der Waals surface area contributed by atoms with E-state index in [4.69, 9.17) is 10.5 Å². The summed E-state index contributed by atoms with van der Waals surface area (Å²) < 4.78 is 44.6. The molecule has 1 aliphatic heterocycles. The molecule has 0 fully saturated rings. The molecule has 40 heavy (non-hydrogen) atoms. The highest BCUT2D eigenvalue weighted by molar-refractivity contribution is 5.98. The Morgan fingerprint density at radius 1 is 0.950 bits per heavy atom. The Balaban J connectivity index is 1.37. The lowest BCUT2D eigenvalue weighted by Gasteiger charge is -2.35. The molecule has 0 spiro atoms. The van der Waals surface area contributed by atoms with Crippen molar-refractivity contribution in [2.75, 3.05) is 6.54 Å². The number of rotatable bonds is 6. The number of benzene rings is 4. The average Bonchev–Trinajstić information content (AvgIpc) is 2.92. The topological polar surface area (TPSA) is 92.9 Å². The van der Waals surface area contributed by atoms with Gasteiger partial charge in [0.1, 0.15) is 17.5 Å². The minimum atomic E-state index is -4.46. The highest BCUT2D eigenvalue weighted by Crippen LogP contribution is 2.35. The Bertz CT molecular complexity index is 1570. The van der Waals surface area contributed by atoms with Gasteiger partial charge in [0.05, 0.1) is 11.1 Å². The molecule has 0 aromatic heterocycles. The SMILES string of the molecule is NC(=O)C1c2ccc(OC(=O)c3ccccc3-c3ccc(C(F)(F)F)cc3)cc2CCN1Cc1cccc(O)c1. The van der Waals surface area contributed by atoms with E-state index in [2.05, 4.69) is 0 Å². The van der Waals surface area contributed by atoms with Crippen LogP contribution in [0, 0.1) is 0 Å². The summed E-state index contributed by atoms with van der Waals surface area (Å²) in [6.45, 7) is 0.934. The summed E-state index contributed by atoms with van der Waals surface area (Å²) in [4.78, 5) is 27.6. The fraction of sp³-hybridized carbons (Fsp3) is 0.161. The number of ether oxygens (including phenoxy) is 1. The van der Waals surface area contributed by atoms with E-state index >= 15 is 0 Å². The zero-order valence-corrected chi connectivity index (χ0v) is 21.2. The van der Waals surface area contributed by atoms with Gasteiger partial charge in [-0.05, 0) is 76.7 Å². The molecule has 0 aliphatic carbocycles. The van der Waals surface area contributed by atoms with Crippen LogP contribution in [-0.2, 0) is 23.9 Å². The maximum Gasteiger partial charge on any atom is 0.416 e. The average molecular weight is 547 g/mol. The number of hydrogen-bond acceptors (Lipinski definition) is 5. The second-order valence-corrected chi connectivity index (χ2v) is 9.57. The number of carbonyl (C=O) groups is 2. The maximum absolute atomic E-state index is 13.2. The van der Waals surface area contributed by atoms with Crippen LogP contribution in [0.15, 0.2) is 91.0 Å². The Morgan fingerprint density at radius 3 is 2.40 bits per heavy atom. The second-order valence-electron chi connectivity index (χ2n) is 9.57. The van der Waals surface area contributed by atoms with E-state index in [-0.39, 0.29) is 17.1 Å². The number of alkyl halides is 3. The lowest BCUT2D eigenvalue weighted by Crippen LogP contribution is -2.42. The van der Waals surface area contributed by atoms with Gasteiger partial charge in [-0.1, -0.05) is 48.5 Å². The van der Waals surface area contributed by atoms with Crippen LogP contribution in [0.5, 0.6) is 11.5 Å². The van der Waals surface area contributed by atoms with Crippen LogP contribution in [0.2, 0.25) is 0 Å². The fourth-order valence-corrected chi connectivity index (χ4v) is 5.03. The van der Waals surface area contributed by atoms with Gasteiger partial charge in [-0.3, -0.25) is 9.69 Å². The molecule has 3 N–H and O–H groups in total. The molecule has 0 bridgehead atoms. The predicted molar refractivity (Wildman–Crippen MR) is 142 cm³/mol. The van der Waals surface area contributed by atoms with Crippen molar-refractivity contribution < 1.29 is 32.6 Å². The van der Waals surface area contributed by atoms with Crippen LogP contribution in [0.4, 0.5) is 13.2 Å². The number of phenols is 1. The standard InChI is InChI=1S/C31H25F3N2O4/c32-31(33,34)22-10-8-20(9-11-22)25-6-1-2-7-27(25)30(39)40-24-12-13-26-21(17-24)14-15-36(28(26)29(35)38)18-19-4-3-5-23(37)16-19/h1-13,16-17,28,37H,14-15,18H2,(H2,35,38). The lowest BCUT2D eigenvalue weighted by molar-refractivity contribution is -0.137. The summed E-state index contributed by atoms with van der Waals surface area (Å²) in [6.07, 6.45) is -3.88. The first-order valence-electron chi connectivity index (χ1n) is 12.5. The van der Waals surface area contributed by atoms with Crippen LogP contribution in [0.1, 0.15) is 38.7 Å². The molecule has 1 atom stereocenters. The number of esters is 1. The van der Waals surface area contributed by atoms with Gasteiger partial charge in [-0.15, -0.1) is 0 Å². The Labute approximate surface area is 228 Å². The van der Waals surface area contributed by atoms with E-state index in [0.717, 1.165) is 23.3 Å². The molecule has 1 amide bonds. The molecular formula is C31H25F3N2O4. The maximum atomic E-state index is 13.2. The quantitative estimate of drug-likeness (QED) is 0.233. The van der Waals surface area contributed by atoms with Crippen molar-refractivity contribution in [1.29, 1.82) is 0 Å². The monoisotopic (exact) mass is 546 g/mol. The largest absolute Gasteiger partial charge is 0.508 e. The summed E-state index contributed by atoms with van der Waals surface area (Å²) in [5.74, 6) is -0.771. The van der Waals surface area contributed by atoms with Gasteiger partial charge in [0.25, 0.3) is 0 Å². The van der Waals surface area contributed by atoms with Gasteiger partial charge in [-0.2, -0.15) is 13.2 Å². The van der Waals surface area contributed by atoms with Gasteiger partial charge in [0, 0.05) is 13.1 Å². The molecule has 1 heterocycles. The predicted octanol–water partition coefficient (Wildman–Crippen LogP) is 5.88. The van der Waals surface area contributed by atoms with Crippen molar-refractivity contribution in [2.45, 2.75) is 25.2 Å². The molecule has 0 radical (unpaired) electrons. The van der Waals surface area contributed by atoms with E-state index in [0.29, 0.717) is 36.2 Å². The molecule has 6 nitrogen and oxygen atoms in total. The van der Waals surface area contributed by atoms with E-state index < -0.39 is 29.7 Å². The third-order valence-electron chi connectivity index (χ3n) is 6.89. The summed E-state index contributed by atoms with van der Waals surface area (Å²) in [6, 6.07) is 22.2. The number of primary amides is 1. The van der Waals surface area contributed by atoms with Crippen molar-refractivity contribution >= 4 is 11.9 Å². The number of halogens is 3. The zero-order valence-electron chi connectivity index (χ0n) is 21.2. The number of carbonyl (C=O) groups excluding carboxylic acids is 2. The number of nitrogens with zero attached hydrogens (tertiary/aromatic N) is 1. The van der Waals surface area contributed by atoms with Crippen LogP contribution in [0.25, 0.3) is 11.1 Å². The summed E-state index contributed by atoms with van der Waals surface area (Å²) >= 11 is 0. The Kier molecular flexibility index (Phi) is 7.32. The van der Waals surface area contributed by atoms with Crippen molar-refractivity contribution in [2.24, 2.45) is 5.73 Å². The van der Waals surface area contributed by atoms with Crippen molar-refractivity contribution in [3.05, 3.63) is 119 Å². The first-order chi connectivity index (χ1) is 19.1. The normalized spacial score (nSPS) is 15.3. The van der Waals surface area contributed by atoms with Crippen molar-refractivity contribution in [3.8, 4) is 22.6 Å². The number of fused-ring (bicyclic) bond motifs is 1. The third-order valence-corrected chi connectivity index (χ3v) is 6.89. The summed E-state index contributed by atoms with van der Waals surface area (Å²) in [5.41, 5.74) is 8.46. The highest BCUT2D eigenvalue weighted by Gasteiger charge is 2.32. The number of amides is 1. The van der Waals surface area contributed by atoms with E-state index in [1.165, 1.54) is 12.1 Å². The number of aromatic hydroxyl groups is 1. The van der Waals surface area contributed by atoms with Gasteiger partial charge in [-0.25, -0.2) is 4.79 Å². The van der Waals surface area contributed by atoms with Crippen LogP contribution >= 0.6 is 0 Å². The van der Waals surface area contributed by atoms with Gasteiger partial charge in [0.15, 0.2) is 0 Å². The third kappa shape index (κ3) is 5.69. The van der Waals surface area contributed by atoms with E-state index in [1.54, 1.807) is 60.7 Å². The van der Waals surface area contributed by atoms with Gasteiger partial charge in [0.2, 0.25) is 5.91 Å². The Morgan fingerprint density at radius 2 is 1.70 bits per heavy atom. The number of hydrogen-bond donors (Lipinski definition) is 2. The minimum absolute atomic E-state index is 0.136. The van der Waals surface area contributed by atoms with Crippen LogP contribution in [0.3, 0.4) is 0 Å². The molecule has 5 rings (SSSR count). The highest BCUT2D eigenvalue weighted by atomic mass is 19.4. The molecule has 4 aromatic carbocycles. The van der Waals surface area contributed by atoms with Crippen molar-refractivity contribution in [3.63, 3.8) is 0 Å². The van der Waals surface area contributed by atoms with Gasteiger partial charge < -0.3 is 15.6 Å². The van der Waals surface area contributed by atoms with E-state index in [1.807, 2.05) is 11.0 Å². The molecule has 1 aliphatic rings. The lowest BCUT2D eigenvalue weighted by atomic mass is 9.91. The smallest absolute Gasteiger partial charge is 0.416 e. The van der Waals surface area contributed by atoms with Gasteiger partial charge >= 0.3 is 12.1 Å². The molecule has 204 valence electrons. The summed E-state index contributed by atoms with van der Waals surface area (Å²) in [7, 11) is 0. The first kappa shape index (κ1) is 27.0. The molecule has 4 aromatic rings. The first-order valence-corrected chi connectivity index (χ1v) is 12.5. The molecular weight excluding hydrogens is 521 g/mol. The van der Waals surface area contributed by atoms with Crippen LogP contribution < -0.4 is 10.5 Å². The molecule has 0 saturated carbocycles. The molecule has 0 saturated heterocycles. The second kappa shape index (κ2) is 10.9. The fourth-order valence-electron chi connectivity index (χ4n) is 5.03.